The second-order valence-electron chi connectivity index (χ2n) is 6.31. The van der Waals surface area contributed by atoms with E-state index < -0.39 is 0 Å². The molecule has 22 heavy (non-hydrogen) atoms. The number of likely N-dealkylation sites (N-methyl/N-ethyl adjacent to an activating group) is 1. The van der Waals surface area contributed by atoms with Gasteiger partial charge < -0.3 is 14.9 Å². The maximum Gasteiger partial charge on any atom is 0.242 e. The first kappa shape index (κ1) is 17.0. The Balaban J connectivity index is 1.95. The molecule has 0 aromatic carbocycles. The SMILES string of the molecule is CCCCC(C(=O)Nc1cc(C)on1)N(C)CC(O)C1CC1. The van der Waals surface area contributed by atoms with Gasteiger partial charge in [0.2, 0.25) is 5.91 Å². The van der Waals surface area contributed by atoms with Crippen LogP contribution in [0.5, 0.6) is 0 Å². The summed E-state index contributed by atoms with van der Waals surface area (Å²) in [6.07, 6.45) is 4.63. The molecule has 2 rings (SSSR count). The van der Waals surface area contributed by atoms with Gasteiger partial charge in [-0.3, -0.25) is 9.69 Å². The smallest absolute Gasteiger partial charge is 0.242 e. The third-order valence-electron chi connectivity index (χ3n) is 4.19. The van der Waals surface area contributed by atoms with Crippen LogP contribution in [-0.4, -0.2) is 46.8 Å². The number of unbranched alkanes of at least 4 members (excludes halogenated alkanes) is 1. The van der Waals surface area contributed by atoms with Crippen LogP contribution in [0.1, 0.15) is 44.8 Å². The van der Waals surface area contributed by atoms with Gasteiger partial charge in [-0.1, -0.05) is 24.9 Å². The quantitative estimate of drug-likeness (QED) is 0.731. The molecule has 6 nitrogen and oxygen atoms in total. The van der Waals surface area contributed by atoms with Crippen molar-refractivity contribution in [2.24, 2.45) is 5.92 Å². The molecular weight excluding hydrogens is 282 g/mol. The van der Waals surface area contributed by atoms with Crippen LogP contribution in [0.4, 0.5) is 5.82 Å². The summed E-state index contributed by atoms with van der Waals surface area (Å²) < 4.78 is 4.97. The molecule has 6 heteroatoms. The van der Waals surface area contributed by atoms with Crippen molar-refractivity contribution in [1.29, 1.82) is 0 Å². The molecule has 2 N–H and O–H groups in total. The molecule has 124 valence electrons. The first-order chi connectivity index (χ1) is 10.5. The number of hydrogen-bond donors (Lipinski definition) is 2. The number of aliphatic hydroxyl groups excluding tert-OH is 1. The zero-order valence-electron chi connectivity index (χ0n) is 13.7. The molecule has 1 fully saturated rings. The number of aliphatic hydroxyl groups is 1. The minimum atomic E-state index is -0.337. The number of anilines is 1. The van der Waals surface area contributed by atoms with Gasteiger partial charge in [0.1, 0.15) is 5.76 Å². The van der Waals surface area contributed by atoms with Gasteiger partial charge >= 0.3 is 0 Å². The largest absolute Gasteiger partial charge is 0.392 e. The van der Waals surface area contributed by atoms with E-state index in [0.717, 1.165) is 32.1 Å². The summed E-state index contributed by atoms with van der Waals surface area (Å²) in [6, 6.07) is 1.44. The number of aromatic nitrogens is 1. The standard InChI is InChI=1S/C16H27N3O3/c1-4-5-6-13(19(3)10-14(20)12-7-8-12)16(21)17-15-9-11(2)22-18-15/h9,12-14,20H,4-8,10H2,1-3H3,(H,17,18,21). The first-order valence-electron chi connectivity index (χ1n) is 8.13. The summed E-state index contributed by atoms with van der Waals surface area (Å²) in [5, 5.41) is 16.7. The summed E-state index contributed by atoms with van der Waals surface area (Å²) in [7, 11) is 1.90. The molecular formula is C16H27N3O3. The van der Waals surface area contributed by atoms with E-state index >= 15 is 0 Å². The molecule has 0 bridgehead atoms. The zero-order chi connectivity index (χ0) is 16.1. The van der Waals surface area contributed by atoms with Crippen LogP contribution < -0.4 is 5.32 Å². The fourth-order valence-corrected chi connectivity index (χ4v) is 2.64. The predicted octanol–water partition coefficient (Wildman–Crippen LogP) is 2.18. The van der Waals surface area contributed by atoms with Gasteiger partial charge in [0.25, 0.3) is 0 Å². The predicted molar refractivity (Wildman–Crippen MR) is 84.5 cm³/mol. The number of carbonyl (C=O) groups is 1. The zero-order valence-corrected chi connectivity index (χ0v) is 13.7. The minimum absolute atomic E-state index is 0.0905. The van der Waals surface area contributed by atoms with E-state index in [1.54, 1.807) is 13.0 Å². The third kappa shape index (κ3) is 4.81. The fraction of sp³-hybridized carbons (Fsp3) is 0.750. The van der Waals surface area contributed by atoms with Gasteiger partial charge in [0.15, 0.2) is 5.82 Å². The van der Waals surface area contributed by atoms with Crippen LogP contribution in [0, 0.1) is 12.8 Å². The summed E-state index contributed by atoms with van der Waals surface area (Å²) in [4.78, 5) is 14.5. The van der Waals surface area contributed by atoms with Crippen LogP contribution >= 0.6 is 0 Å². The van der Waals surface area contributed by atoms with Crippen LogP contribution in [0.25, 0.3) is 0 Å². The Labute approximate surface area is 131 Å². The highest BCUT2D eigenvalue weighted by Gasteiger charge is 2.33. The van der Waals surface area contributed by atoms with E-state index in [-0.39, 0.29) is 18.1 Å². The van der Waals surface area contributed by atoms with Gasteiger partial charge in [0, 0.05) is 12.6 Å². The van der Waals surface area contributed by atoms with E-state index in [0.29, 0.717) is 24.0 Å². The number of nitrogens with zero attached hydrogens (tertiary/aromatic N) is 2. The summed E-state index contributed by atoms with van der Waals surface area (Å²) in [5.41, 5.74) is 0. The highest BCUT2D eigenvalue weighted by atomic mass is 16.5. The van der Waals surface area contributed by atoms with E-state index in [1.807, 2.05) is 11.9 Å². The van der Waals surface area contributed by atoms with Gasteiger partial charge in [-0.15, -0.1) is 0 Å². The van der Waals surface area contributed by atoms with Gasteiger partial charge in [-0.2, -0.15) is 0 Å². The molecule has 0 spiro atoms. The molecule has 1 aromatic heterocycles. The Kier molecular flexibility index (Phi) is 5.97. The molecule has 0 aliphatic heterocycles. The first-order valence-corrected chi connectivity index (χ1v) is 8.13. The van der Waals surface area contributed by atoms with Gasteiger partial charge in [-0.25, -0.2) is 0 Å². The Morgan fingerprint density at radius 2 is 2.32 bits per heavy atom. The lowest BCUT2D eigenvalue weighted by atomic mass is 10.1. The summed E-state index contributed by atoms with van der Waals surface area (Å²) in [6.45, 7) is 4.43. The van der Waals surface area contributed by atoms with Crippen molar-refractivity contribution in [1.82, 2.24) is 10.1 Å². The lowest BCUT2D eigenvalue weighted by Gasteiger charge is -2.28. The molecule has 1 heterocycles. The minimum Gasteiger partial charge on any atom is -0.392 e. The summed E-state index contributed by atoms with van der Waals surface area (Å²) >= 11 is 0. The van der Waals surface area contributed by atoms with Gasteiger partial charge in [0.05, 0.1) is 12.1 Å². The van der Waals surface area contributed by atoms with E-state index in [9.17, 15) is 9.90 Å². The van der Waals surface area contributed by atoms with Crippen molar-refractivity contribution in [3.63, 3.8) is 0 Å². The van der Waals surface area contributed by atoms with Crippen molar-refractivity contribution in [3.05, 3.63) is 11.8 Å². The Morgan fingerprint density at radius 3 is 2.86 bits per heavy atom. The molecule has 2 unspecified atom stereocenters. The molecule has 2 atom stereocenters. The van der Waals surface area contributed by atoms with E-state index in [4.69, 9.17) is 4.52 Å². The van der Waals surface area contributed by atoms with Crippen molar-refractivity contribution in [2.45, 2.75) is 58.1 Å². The second-order valence-corrected chi connectivity index (χ2v) is 6.31. The Morgan fingerprint density at radius 1 is 1.59 bits per heavy atom. The highest BCUT2D eigenvalue weighted by molar-refractivity contribution is 5.93. The van der Waals surface area contributed by atoms with Crippen molar-refractivity contribution >= 4 is 11.7 Å². The van der Waals surface area contributed by atoms with E-state index in [2.05, 4.69) is 17.4 Å². The molecule has 1 aliphatic carbocycles. The van der Waals surface area contributed by atoms with E-state index in [1.165, 1.54) is 0 Å². The number of amides is 1. The lowest BCUT2D eigenvalue weighted by molar-refractivity contribution is -0.121. The van der Waals surface area contributed by atoms with Crippen molar-refractivity contribution in [3.8, 4) is 0 Å². The van der Waals surface area contributed by atoms with Crippen molar-refractivity contribution < 1.29 is 14.4 Å². The summed E-state index contributed by atoms with van der Waals surface area (Å²) in [5.74, 6) is 1.43. The highest BCUT2D eigenvalue weighted by Crippen LogP contribution is 2.33. The third-order valence-corrected chi connectivity index (χ3v) is 4.19. The average Bonchev–Trinajstić information content (AvgIpc) is 3.23. The van der Waals surface area contributed by atoms with Crippen molar-refractivity contribution in [2.75, 3.05) is 18.9 Å². The number of hydrogen-bond acceptors (Lipinski definition) is 5. The number of nitrogens with one attached hydrogen (secondary N) is 1. The monoisotopic (exact) mass is 309 g/mol. The molecule has 0 saturated heterocycles. The fourth-order valence-electron chi connectivity index (χ4n) is 2.64. The number of carbonyl (C=O) groups excluding carboxylic acids is 1. The van der Waals surface area contributed by atoms with Crippen LogP contribution in [-0.2, 0) is 4.79 Å². The van der Waals surface area contributed by atoms with Crippen LogP contribution in [0.3, 0.4) is 0 Å². The molecule has 1 aromatic rings. The molecule has 1 amide bonds. The van der Waals surface area contributed by atoms with Crippen LogP contribution in [0.2, 0.25) is 0 Å². The van der Waals surface area contributed by atoms with Gasteiger partial charge in [-0.05, 0) is 39.2 Å². The number of rotatable bonds is 9. The normalized spacial score (nSPS) is 17.5. The molecule has 1 aliphatic rings. The second kappa shape index (κ2) is 7.74. The molecule has 1 saturated carbocycles. The Bertz CT molecular complexity index is 485. The average molecular weight is 309 g/mol. The lowest BCUT2D eigenvalue weighted by Crippen LogP contribution is -2.45. The molecule has 0 radical (unpaired) electrons. The maximum absolute atomic E-state index is 12.5. The number of aryl methyl sites for hydroxylation is 1. The maximum atomic E-state index is 12.5. The Hall–Kier alpha value is -1.40. The topological polar surface area (TPSA) is 78.6 Å². The van der Waals surface area contributed by atoms with Crippen LogP contribution in [0.15, 0.2) is 10.6 Å².